The Hall–Kier alpha value is -1.96. The van der Waals surface area contributed by atoms with Gasteiger partial charge >= 0.3 is 5.97 Å². The van der Waals surface area contributed by atoms with E-state index in [0.717, 1.165) is 5.82 Å². The van der Waals surface area contributed by atoms with Crippen molar-refractivity contribution in [2.24, 2.45) is 7.05 Å². The Morgan fingerprint density at radius 1 is 1.45 bits per heavy atom. The number of thioether (sulfide) groups is 1. The molecule has 0 aromatic carbocycles. The maximum Gasteiger partial charge on any atom is 0.340 e. The van der Waals surface area contributed by atoms with Gasteiger partial charge in [-0.15, -0.1) is 10.2 Å². The van der Waals surface area contributed by atoms with Crippen LogP contribution < -0.4 is 0 Å². The van der Waals surface area contributed by atoms with E-state index in [1.165, 1.54) is 11.8 Å². The van der Waals surface area contributed by atoms with E-state index in [1.807, 2.05) is 14.0 Å². The van der Waals surface area contributed by atoms with Gasteiger partial charge in [-0.2, -0.15) is 0 Å². The summed E-state index contributed by atoms with van der Waals surface area (Å²) in [6.07, 6.45) is 2.27. The Morgan fingerprint density at radius 2 is 2.20 bits per heavy atom. The molecule has 0 aliphatic heterocycles. The van der Waals surface area contributed by atoms with E-state index in [2.05, 4.69) is 20.2 Å². The van der Waals surface area contributed by atoms with Crippen LogP contribution in [0.5, 0.6) is 0 Å². The molecule has 0 spiro atoms. The summed E-state index contributed by atoms with van der Waals surface area (Å²) in [5, 5.41) is 17.5. The first-order valence-electron chi connectivity index (χ1n) is 6.09. The second-order valence-electron chi connectivity index (χ2n) is 4.21. The normalized spacial score (nSPS) is 10.8. The van der Waals surface area contributed by atoms with Crippen molar-refractivity contribution in [3.05, 3.63) is 29.2 Å². The van der Waals surface area contributed by atoms with Crippen LogP contribution in [-0.2, 0) is 19.2 Å². The van der Waals surface area contributed by atoms with E-state index < -0.39 is 5.97 Å². The predicted octanol–water partition coefficient (Wildman–Crippen LogP) is 1.47. The van der Waals surface area contributed by atoms with Crippen LogP contribution in [0.1, 0.15) is 34.6 Å². The fourth-order valence-electron chi connectivity index (χ4n) is 1.68. The molecule has 2 rings (SSSR count). The van der Waals surface area contributed by atoms with Gasteiger partial charge in [0.2, 0.25) is 0 Å². The summed E-state index contributed by atoms with van der Waals surface area (Å²) in [6, 6.07) is 0. The highest BCUT2D eigenvalue weighted by molar-refractivity contribution is 7.98. The SMILES string of the molecule is CCc1nc(C)c(C(=O)O)c(SCc2nncn2C)n1. The Kier molecular flexibility index (Phi) is 4.33. The summed E-state index contributed by atoms with van der Waals surface area (Å²) in [7, 11) is 1.84. The lowest BCUT2D eigenvalue weighted by Crippen LogP contribution is -2.09. The van der Waals surface area contributed by atoms with Crippen molar-refractivity contribution < 1.29 is 9.90 Å². The van der Waals surface area contributed by atoms with Crippen molar-refractivity contribution in [1.82, 2.24) is 24.7 Å². The lowest BCUT2D eigenvalue weighted by Gasteiger charge is -2.09. The quantitative estimate of drug-likeness (QED) is 0.659. The van der Waals surface area contributed by atoms with E-state index in [4.69, 9.17) is 0 Å². The van der Waals surface area contributed by atoms with Gasteiger partial charge in [0, 0.05) is 13.5 Å². The summed E-state index contributed by atoms with van der Waals surface area (Å²) in [5.74, 6) is 0.912. The molecule has 0 aliphatic rings. The third kappa shape index (κ3) is 2.96. The summed E-state index contributed by atoms with van der Waals surface area (Å²) in [6.45, 7) is 3.63. The Morgan fingerprint density at radius 3 is 2.75 bits per heavy atom. The van der Waals surface area contributed by atoms with Crippen LogP contribution in [0.2, 0.25) is 0 Å². The van der Waals surface area contributed by atoms with Gasteiger partial charge in [-0.1, -0.05) is 18.7 Å². The van der Waals surface area contributed by atoms with Crippen molar-refractivity contribution in [3.8, 4) is 0 Å². The molecule has 2 aromatic rings. The minimum Gasteiger partial charge on any atom is -0.478 e. The van der Waals surface area contributed by atoms with E-state index in [1.54, 1.807) is 17.8 Å². The fraction of sp³-hybridized carbons (Fsp3) is 0.417. The molecule has 0 amide bonds. The highest BCUT2D eigenvalue weighted by atomic mass is 32.2. The molecule has 0 saturated heterocycles. The number of hydrogen-bond acceptors (Lipinski definition) is 6. The number of hydrogen-bond donors (Lipinski definition) is 1. The number of aromatic carboxylic acids is 1. The number of nitrogens with zero attached hydrogens (tertiary/aromatic N) is 5. The van der Waals surface area contributed by atoms with Gasteiger partial charge < -0.3 is 9.67 Å². The summed E-state index contributed by atoms with van der Waals surface area (Å²) >= 11 is 1.34. The van der Waals surface area contributed by atoms with Crippen molar-refractivity contribution in [3.63, 3.8) is 0 Å². The first-order chi connectivity index (χ1) is 9.52. The molecule has 0 bridgehead atoms. The van der Waals surface area contributed by atoms with Crippen molar-refractivity contribution >= 4 is 17.7 Å². The highest BCUT2D eigenvalue weighted by Crippen LogP contribution is 2.25. The van der Waals surface area contributed by atoms with E-state index in [-0.39, 0.29) is 5.56 Å². The van der Waals surface area contributed by atoms with Gasteiger partial charge in [0.25, 0.3) is 0 Å². The zero-order chi connectivity index (χ0) is 14.7. The van der Waals surface area contributed by atoms with Crippen LogP contribution in [-0.4, -0.2) is 35.8 Å². The van der Waals surface area contributed by atoms with Crippen molar-refractivity contribution in [2.45, 2.75) is 31.0 Å². The average Bonchev–Trinajstić information content (AvgIpc) is 2.80. The summed E-state index contributed by atoms with van der Waals surface area (Å²) < 4.78 is 1.79. The zero-order valence-corrected chi connectivity index (χ0v) is 12.3. The molecule has 0 aliphatic carbocycles. The van der Waals surface area contributed by atoms with Gasteiger partial charge in [0.05, 0.1) is 11.4 Å². The maximum atomic E-state index is 11.3. The maximum absolute atomic E-state index is 11.3. The first-order valence-corrected chi connectivity index (χ1v) is 7.08. The topological polar surface area (TPSA) is 93.8 Å². The first kappa shape index (κ1) is 14.4. The summed E-state index contributed by atoms with van der Waals surface area (Å²) in [4.78, 5) is 19.9. The minimum absolute atomic E-state index is 0.161. The molecule has 1 N–H and O–H groups in total. The molecule has 0 radical (unpaired) electrons. The number of aryl methyl sites for hydroxylation is 3. The minimum atomic E-state index is -1.01. The molecular weight excluding hydrogens is 278 g/mol. The molecule has 20 heavy (non-hydrogen) atoms. The Labute approximate surface area is 120 Å². The smallest absolute Gasteiger partial charge is 0.340 e. The van der Waals surface area contributed by atoms with Gasteiger partial charge in [-0.3, -0.25) is 0 Å². The van der Waals surface area contributed by atoms with Crippen LogP contribution >= 0.6 is 11.8 Å². The molecular formula is C12H15N5O2S. The average molecular weight is 293 g/mol. The van der Waals surface area contributed by atoms with Gasteiger partial charge in [0.1, 0.15) is 28.6 Å². The van der Waals surface area contributed by atoms with Gasteiger partial charge in [-0.05, 0) is 6.92 Å². The van der Waals surface area contributed by atoms with E-state index in [0.29, 0.717) is 28.7 Å². The van der Waals surface area contributed by atoms with Crippen molar-refractivity contribution in [2.75, 3.05) is 0 Å². The van der Waals surface area contributed by atoms with Crippen LogP contribution in [0.25, 0.3) is 0 Å². The second kappa shape index (κ2) is 6.00. The number of rotatable bonds is 5. The van der Waals surface area contributed by atoms with Gasteiger partial charge in [0.15, 0.2) is 0 Å². The molecule has 2 heterocycles. The van der Waals surface area contributed by atoms with E-state index in [9.17, 15) is 9.90 Å². The van der Waals surface area contributed by atoms with E-state index >= 15 is 0 Å². The number of aromatic nitrogens is 5. The molecule has 0 unspecified atom stereocenters. The molecule has 0 saturated carbocycles. The van der Waals surface area contributed by atoms with Crippen molar-refractivity contribution in [1.29, 1.82) is 0 Å². The Balaban J connectivity index is 2.31. The fourth-order valence-corrected chi connectivity index (χ4v) is 2.76. The molecule has 7 nitrogen and oxygen atoms in total. The Bertz CT molecular complexity index is 641. The number of carboxylic acids is 1. The molecule has 0 atom stereocenters. The number of carboxylic acid groups (broad SMARTS) is 1. The predicted molar refractivity (Wildman–Crippen MR) is 73.7 cm³/mol. The lowest BCUT2D eigenvalue weighted by molar-refractivity contribution is 0.0690. The largest absolute Gasteiger partial charge is 0.478 e. The summed E-state index contributed by atoms with van der Waals surface area (Å²) in [5.41, 5.74) is 0.652. The van der Waals surface area contributed by atoms with Gasteiger partial charge in [-0.25, -0.2) is 14.8 Å². The van der Waals surface area contributed by atoms with Crippen LogP contribution in [0, 0.1) is 6.92 Å². The second-order valence-corrected chi connectivity index (χ2v) is 5.17. The third-order valence-electron chi connectivity index (χ3n) is 2.78. The monoisotopic (exact) mass is 293 g/mol. The molecule has 106 valence electrons. The molecule has 8 heteroatoms. The molecule has 2 aromatic heterocycles. The highest BCUT2D eigenvalue weighted by Gasteiger charge is 2.18. The number of carbonyl (C=O) groups is 1. The van der Waals surface area contributed by atoms with Crippen LogP contribution in [0.15, 0.2) is 11.4 Å². The van der Waals surface area contributed by atoms with Crippen LogP contribution in [0.3, 0.4) is 0 Å². The standard InChI is InChI=1S/C12H15N5O2S/c1-4-8-14-7(2)10(12(18)19)11(15-8)20-5-9-16-13-6-17(9)3/h6H,4-5H2,1-3H3,(H,18,19). The lowest BCUT2D eigenvalue weighted by atomic mass is 10.2. The zero-order valence-electron chi connectivity index (χ0n) is 11.5. The molecule has 0 fully saturated rings. The van der Waals surface area contributed by atoms with Crippen LogP contribution in [0.4, 0.5) is 0 Å². The third-order valence-corrected chi connectivity index (χ3v) is 3.75.